The summed E-state index contributed by atoms with van der Waals surface area (Å²) in [5.74, 6) is -2.58. The number of esters is 1. The van der Waals surface area contributed by atoms with Crippen molar-refractivity contribution in [2.24, 2.45) is 23.7 Å². The first kappa shape index (κ1) is 17.0. The molecule has 1 heterocycles. The number of methoxy groups -OCH3 is 1. The molecule has 1 aromatic heterocycles. The highest BCUT2D eigenvalue weighted by atomic mass is 32.1. The molecule has 1 amide bonds. The van der Waals surface area contributed by atoms with E-state index in [1.807, 2.05) is 6.92 Å². The van der Waals surface area contributed by atoms with E-state index >= 15 is 0 Å². The second kappa shape index (κ2) is 6.55. The fourth-order valence-corrected chi connectivity index (χ4v) is 5.18. The minimum Gasteiger partial charge on any atom is -0.481 e. The van der Waals surface area contributed by atoms with Crippen LogP contribution in [-0.2, 0) is 20.7 Å². The molecule has 2 saturated carbocycles. The summed E-state index contributed by atoms with van der Waals surface area (Å²) >= 11 is 1.34. The number of carbonyl (C=O) groups is 3. The lowest BCUT2D eigenvalue weighted by atomic mass is 9.79. The number of fused-ring (bicyclic) bond motifs is 2. The van der Waals surface area contributed by atoms with Gasteiger partial charge in [0.05, 0.1) is 24.5 Å². The Labute approximate surface area is 144 Å². The minimum atomic E-state index is -0.893. The maximum atomic E-state index is 12.8. The predicted molar refractivity (Wildman–Crippen MR) is 89.1 cm³/mol. The number of rotatable bonds is 5. The lowest BCUT2D eigenvalue weighted by molar-refractivity contribution is -0.148. The second-order valence-electron chi connectivity index (χ2n) is 6.51. The number of carboxylic acids is 1. The fourth-order valence-electron chi connectivity index (χ4n) is 4.19. The lowest BCUT2D eigenvalue weighted by Gasteiger charge is -2.26. The first-order chi connectivity index (χ1) is 11.5. The fraction of sp³-hybridized carbons (Fsp3) is 0.588. The maximum absolute atomic E-state index is 12.8. The van der Waals surface area contributed by atoms with Gasteiger partial charge in [0.15, 0.2) is 0 Å². The normalized spacial score (nSPS) is 27.9. The first-order valence-electron chi connectivity index (χ1n) is 8.20. The molecule has 2 aliphatic rings. The van der Waals surface area contributed by atoms with Crippen LogP contribution in [-0.4, -0.2) is 30.1 Å². The molecule has 2 aliphatic carbocycles. The van der Waals surface area contributed by atoms with Crippen molar-refractivity contribution in [3.05, 3.63) is 16.5 Å². The van der Waals surface area contributed by atoms with Crippen LogP contribution < -0.4 is 5.32 Å². The molecule has 0 radical (unpaired) electrons. The molecule has 130 valence electrons. The smallest absolute Gasteiger partial charge is 0.340 e. The first-order valence-corrected chi connectivity index (χ1v) is 9.02. The van der Waals surface area contributed by atoms with Crippen LogP contribution >= 0.6 is 11.3 Å². The van der Waals surface area contributed by atoms with Crippen molar-refractivity contribution < 1.29 is 24.2 Å². The minimum absolute atomic E-state index is 0.0952. The van der Waals surface area contributed by atoms with E-state index < -0.39 is 23.8 Å². The molecule has 0 unspecified atom stereocenters. The van der Waals surface area contributed by atoms with Crippen molar-refractivity contribution in [3.63, 3.8) is 0 Å². The van der Waals surface area contributed by atoms with Crippen molar-refractivity contribution in [2.45, 2.75) is 32.6 Å². The predicted octanol–water partition coefficient (Wildman–Crippen LogP) is 2.78. The van der Waals surface area contributed by atoms with Crippen molar-refractivity contribution in [1.82, 2.24) is 0 Å². The third kappa shape index (κ3) is 2.81. The summed E-state index contributed by atoms with van der Waals surface area (Å²) in [5.41, 5.74) is 0.336. The number of ether oxygens (including phenoxy) is 1. The van der Waals surface area contributed by atoms with Crippen LogP contribution in [0.2, 0.25) is 0 Å². The largest absolute Gasteiger partial charge is 0.481 e. The van der Waals surface area contributed by atoms with E-state index in [0.717, 1.165) is 30.6 Å². The van der Waals surface area contributed by atoms with Crippen LogP contribution in [0.3, 0.4) is 0 Å². The molecule has 0 saturated heterocycles. The molecule has 3 rings (SSSR count). The molecule has 2 bridgehead atoms. The molecule has 4 atom stereocenters. The number of hydrogen-bond donors (Lipinski definition) is 2. The van der Waals surface area contributed by atoms with Crippen molar-refractivity contribution in [2.75, 3.05) is 12.4 Å². The van der Waals surface area contributed by atoms with Crippen LogP contribution in [0, 0.1) is 23.7 Å². The Morgan fingerprint density at radius 2 is 1.96 bits per heavy atom. The summed E-state index contributed by atoms with van der Waals surface area (Å²) in [5, 5.41) is 12.8. The van der Waals surface area contributed by atoms with Gasteiger partial charge < -0.3 is 15.2 Å². The quantitative estimate of drug-likeness (QED) is 0.796. The third-order valence-corrected chi connectivity index (χ3v) is 6.47. The number of carboxylic acid groups (broad SMARTS) is 1. The Hall–Kier alpha value is -1.89. The zero-order chi connectivity index (χ0) is 17.4. The number of aliphatic carboxylic acids is 1. The Morgan fingerprint density at radius 3 is 2.54 bits per heavy atom. The number of carbonyl (C=O) groups excluding carboxylic acids is 2. The average Bonchev–Trinajstić information content (AvgIpc) is 3.27. The number of hydrogen-bond acceptors (Lipinski definition) is 5. The summed E-state index contributed by atoms with van der Waals surface area (Å²) in [7, 11) is 1.30. The summed E-state index contributed by atoms with van der Waals surface area (Å²) in [6.07, 6.45) is 3.35. The van der Waals surface area contributed by atoms with Crippen molar-refractivity contribution >= 4 is 34.2 Å². The molecule has 0 aliphatic heterocycles. The standard InChI is InChI=1S/C17H21NO5S/c1-3-10-7-11(17(22)23-2)15(24-10)18-14(19)12-8-4-5-9(6-8)13(12)16(20)21/h7-9,12-13H,3-6H2,1-2H3,(H,18,19)(H,20,21)/t8-,9-,12+,13+/m0/s1. The molecular weight excluding hydrogens is 330 g/mol. The molecule has 2 fully saturated rings. The van der Waals surface area contributed by atoms with Crippen molar-refractivity contribution in [3.8, 4) is 0 Å². The summed E-state index contributed by atoms with van der Waals surface area (Å²) < 4.78 is 4.77. The zero-order valence-corrected chi connectivity index (χ0v) is 14.5. The molecular formula is C17H21NO5S. The van der Waals surface area contributed by atoms with Crippen LogP contribution in [0.15, 0.2) is 6.07 Å². The Morgan fingerprint density at radius 1 is 1.29 bits per heavy atom. The SMILES string of the molecule is CCc1cc(C(=O)OC)c(NC(=O)[C@@H]2[C@H]3CC[C@@H](C3)[C@H]2C(=O)O)s1. The van der Waals surface area contributed by atoms with Gasteiger partial charge in [-0.2, -0.15) is 0 Å². The Bertz CT molecular complexity index is 683. The molecule has 0 spiro atoms. The highest BCUT2D eigenvalue weighted by Crippen LogP contribution is 2.52. The number of nitrogens with one attached hydrogen (secondary N) is 1. The molecule has 24 heavy (non-hydrogen) atoms. The van der Waals surface area contributed by atoms with Gasteiger partial charge in [-0.1, -0.05) is 6.92 Å². The van der Waals surface area contributed by atoms with Gasteiger partial charge in [0, 0.05) is 4.88 Å². The topological polar surface area (TPSA) is 92.7 Å². The van der Waals surface area contributed by atoms with Gasteiger partial charge in [-0.05, 0) is 43.6 Å². The van der Waals surface area contributed by atoms with Gasteiger partial charge in [0.25, 0.3) is 0 Å². The van der Waals surface area contributed by atoms with Gasteiger partial charge in [-0.25, -0.2) is 4.79 Å². The molecule has 0 aromatic carbocycles. The van der Waals surface area contributed by atoms with Gasteiger partial charge >= 0.3 is 11.9 Å². The number of aryl methyl sites for hydroxylation is 1. The van der Waals surface area contributed by atoms with E-state index in [0.29, 0.717) is 10.6 Å². The highest BCUT2D eigenvalue weighted by Gasteiger charge is 2.54. The highest BCUT2D eigenvalue weighted by molar-refractivity contribution is 7.16. The van der Waals surface area contributed by atoms with E-state index in [1.54, 1.807) is 6.07 Å². The molecule has 1 aromatic rings. The van der Waals surface area contributed by atoms with Crippen LogP contribution in [0.1, 0.15) is 41.4 Å². The van der Waals surface area contributed by atoms with E-state index in [1.165, 1.54) is 18.4 Å². The van der Waals surface area contributed by atoms with Gasteiger partial charge in [-0.15, -0.1) is 11.3 Å². The summed E-state index contributed by atoms with van der Waals surface area (Å²) in [6.45, 7) is 1.97. The van der Waals surface area contributed by atoms with E-state index in [2.05, 4.69) is 5.32 Å². The third-order valence-electron chi connectivity index (χ3n) is 5.28. The average molecular weight is 351 g/mol. The lowest BCUT2D eigenvalue weighted by Crippen LogP contribution is -2.37. The van der Waals surface area contributed by atoms with Crippen LogP contribution in [0.25, 0.3) is 0 Å². The van der Waals surface area contributed by atoms with E-state index in [9.17, 15) is 19.5 Å². The van der Waals surface area contributed by atoms with Gasteiger partial charge in [0.2, 0.25) is 5.91 Å². The molecule has 7 heteroatoms. The van der Waals surface area contributed by atoms with Crippen LogP contribution in [0.5, 0.6) is 0 Å². The summed E-state index contributed by atoms with van der Waals surface area (Å²) in [4.78, 5) is 37.2. The van der Waals surface area contributed by atoms with Crippen LogP contribution in [0.4, 0.5) is 5.00 Å². The van der Waals surface area contributed by atoms with Gasteiger partial charge in [0.1, 0.15) is 5.00 Å². The molecule has 2 N–H and O–H groups in total. The maximum Gasteiger partial charge on any atom is 0.340 e. The number of anilines is 1. The Balaban J connectivity index is 1.83. The number of thiophene rings is 1. The zero-order valence-electron chi connectivity index (χ0n) is 13.7. The number of amides is 1. The second-order valence-corrected chi connectivity index (χ2v) is 7.65. The Kier molecular flexibility index (Phi) is 4.62. The molecule has 6 nitrogen and oxygen atoms in total. The van der Waals surface area contributed by atoms with E-state index in [4.69, 9.17) is 4.74 Å². The monoisotopic (exact) mass is 351 g/mol. The van der Waals surface area contributed by atoms with E-state index in [-0.39, 0.29) is 17.7 Å². The van der Waals surface area contributed by atoms with Gasteiger partial charge in [-0.3, -0.25) is 9.59 Å². The van der Waals surface area contributed by atoms with Crippen molar-refractivity contribution in [1.29, 1.82) is 0 Å². The summed E-state index contributed by atoms with van der Waals surface area (Å²) in [6, 6.07) is 1.72.